The van der Waals surface area contributed by atoms with E-state index < -0.39 is 0 Å². The molecule has 1 aromatic carbocycles. The van der Waals surface area contributed by atoms with Gasteiger partial charge >= 0.3 is 0 Å². The Balaban J connectivity index is 1.77. The second kappa shape index (κ2) is 5.58. The zero-order chi connectivity index (χ0) is 14.1. The quantitative estimate of drug-likeness (QED) is 0.938. The van der Waals surface area contributed by atoms with Gasteiger partial charge in [0.15, 0.2) is 0 Å². The Hall–Kier alpha value is -1.32. The van der Waals surface area contributed by atoms with Crippen LogP contribution < -0.4 is 5.32 Å². The maximum Gasteiger partial charge on any atom is 0.106 e. The van der Waals surface area contributed by atoms with Gasteiger partial charge in [-0.15, -0.1) is 0 Å². The molecule has 20 heavy (non-hydrogen) atoms. The number of hydrogen-bond acceptors (Lipinski definition) is 2. The van der Waals surface area contributed by atoms with Crippen LogP contribution in [0.25, 0.3) is 0 Å². The fraction of sp³-hybridized carbons (Fsp3) is 0.438. The molecule has 0 aliphatic carbocycles. The average molecular weight is 290 g/mol. The predicted molar refractivity (Wildman–Crippen MR) is 82.2 cm³/mol. The molecule has 0 saturated heterocycles. The molecule has 2 heterocycles. The van der Waals surface area contributed by atoms with Crippen LogP contribution in [0.3, 0.4) is 0 Å². The first kappa shape index (κ1) is 13.7. The van der Waals surface area contributed by atoms with Crippen molar-refractivity contribution in [2.75, 3.05) is 6.54 Å². The maximum atomic E-state index is 6.05. The summed E-state index contributed by atoms with van der Waals surface area (Å²) < 4.78 is 2.36. The average Bonchev–Trinajstić information content (AvgIpc) is 2.73. The topological polar surface area (TPSA) is 29.9 Å². The van der Waals surface area contributed by atoms with Crippen LogP contribution in [0.5, 0.6) is 0 Å². The molecule has 0 spiro atoms. The number of aromatic nitrogens is 2. The van der Waals surface area contributed by atoms with Crippen LogP contribution in [-0.2, 0) is 13.0 Å². The lowest BCUT2D eigenvalue weighted by atomic mass is 10.0. The van der Waals surface area contributed by atoms with Crippen molar-refractivity contribution in [3.8, 4) is 0 Å². The number of fused-ring (bicyclic) bond motifs is 1. The summed E-state index contributed by atoms with van der Waals surface area (Å²) in [7, 11) is 0. The summed E-state index contributed by atoms with van der Waals surface area (Å²) in [5.74, 6) is 1.13. The number of nitrogens with zero attached hydrogens (tertiary/aromatic N) is 2. The summed E-state index contributed by atoms with van der Waals surface area (Å²) in [6.45, 7) is 6.24. The molecule has 1 atom stereocenters. The minimum Gasteiger partial charge on any atom is -0.329 e. The molecule has 1 aliphatic rings. The van der Waals surface area contributed by atoms with Gasteiger partial charge in [0, 0.05) is 24.2 Å². The van der Waals surface area contributed by atoms with Crippen LogP contribution in [0.15, 0.2) is 24.3 Å². The molecule has 0 unspecified atom stereocenters. The van der Waals surface area contributed by atoms with Gasteiger partial charge in [0.2, 0.25) is 0 Å². The van der Waals surface area contributed by atoms with Crippen LogP contribution in [0.1, 0.15) is 35.2 Å². The van der Waals surface area contributed by atoms with Crippen molar-refractivity contribution >= 4 is 11.6 Å². The van der Waals surface area contributed by atoms with E-state index in [1.807, 2.05) is 12.1 Å². The fourth-order valence-electron chi connectivity index (χ4n) is 3.14. The van der Waals surface area contributed by atoms with E-state index in [1.165, 1.54) is 11.3 Å². The highest BCUT2D eigenvalue weighted by molar-refractivity contribution is 6.30. The molecule has 0 radical (unpaired) electrons. The van der Waals surface area contributed by atoms with Crippen molar-refractivity contribution < 1.29 is 0 Å². The zero-order valence-electron chi connectivity index (χ0n) is 12.0. The number of benzene rings is 1. The SMILES string of the molecule is Cc1nc(C)n2c1[C@@H](CCc1cccc(Cl)c1)NCC2. The highest BCUT2D eigenvalue weighted by Crippen LogP contribution is 2.26. The Morgan fingerprint density at radius 2 is 2.25 bits per heavy atom. The molecule has 0 saturated carbocycles. The monoisotopic (exact) mass is 289 g/mol. The highest BCUT2D eigenvalue weighted by atomic mass is 35.5. The van der Waals surface area contributed by atoms with Crippen LogP contribution in [0, 0.1) is 13.8 Å². The first-order chi connectivity index (χ1) is 9.65. The fourth-order valence-corrected chi connectivity index (χ4v) is 3.35. The Labute approximate surface area is 125 Å². The van der Waals surface area contributed by atoms with Crippen molar-refractivity contribution in [1.82, 2.24) is 14.9 Å². The van der Waals surface area contributed by atoms with Gasteiger partial charge in [-0.05, 0) is 44.4 Å². The first-order valence-electron chi connectivity index (χ1n) is 7.16. The predicted octanol–water partition coefficient (Wildman–Crippen LogP) is 3.43. The van der Waals surface area contributed by atoms with Crippen molar-refractivity contribution in [3.63, 3.8) is 0 Å². The van der Waals surface area contributed by atoms with Gasteiger partial charge in [-0.1, -0.05) is 23.7 Å². The van der Waals surface area contributed by atoms with Crippen molar-refractivity contribution in [2.45, 2.75) is 39.3 Å². The molecular formula is C16H20ClN3. The van der Waals surface area contributed by atoms with E-state index in [0.717, 1.165) is 42.5 Å². The minimum atomic E-state index is 0.393. The third-order valence-corrected chi connectivity index (χ3v) is 4.28. The second-order valence-corrected chi connectivity index (χ2v) is 5.89. The number of hydrogen-bond donors (Lipinski definition) is 1. The minimum absolute atomic E-state index is 0.393. The van der Waals surface area contributed by atoms with Crippen molar-refractivity contribution in [3.05, 3.63) is 52.1 Å². The number of aryl methyl sites for hydroxylation is 3. The Morgan fingerprint density at radius 3 is 3.05 bits per heavy atom. The van der Waals surface area contributed by atoms with Crippen LogP contribution >= 0.6 is 11.6 Å². The first-order valence-corrected chi connectivity index (χ1v) is 7.54. The molecule has 0 bridgehead atoms. The van der Waals surface area contributed by atoms with E-state index in [4.69, 9.17) is 11.6 Å². The molecule has 1 aromatic heterocycles. The molecule has 4 heteroatoms. The summed E-state index contributed by atoms with van der Waals surface area (Å²) in [6, 6.07) is 8.53. The largest absolute Gasteiger partial charge is 0.329 e. The summed E-state index contributed by atoms with van der Waals surface area (Å²) in [4.78, 5) is 4.61. The Bertz CT molecular complexity index is 618. The van der Waals surface area contributed by atoms with Gasteiger partial charge in [-0.25, -0.2) is 4.98 Å². The number of halogens is 1. The number of rotatable bonds is 3. The van der Waals surface area contributed by atoms with Crippen LogP contribution in [-0.4, -0.2) is 16.1 Å². The van der Waals surface area contributed by atoms with Gasteiger partial charge < -0.3 is 9.88 Å². The van der Waals surface area contributed by atoms with Gasteiger partial charge in [0.05, 0.1) is 11.4 Å². The van der Waals surface area contributed by atoms with E-state index >= 15 is 0 Å². The van der Waals surface area contributed by atoms with Gasteiger partial charge in [-0.2, -0.15) is 0 Å². The van der Waals surface area contributed by atoms with Gasteiger partial charge in [0.25, 0.3) is 0 Å². The third kappa shape index (κ3) is 2.60. The number of imidazole rings is 1. The van der Waals surface area contributed by atoms with Crippen molar-refractivity contribution in [1.29, 1.82) is 0 Å². The summed E-state index contributed by atoms with van der Waals surface area (Å²) in [6.07, 6.45) is 2.11. The van der Waals surface area contributed by atoms with Gasteiger partial charge in [-0.3, -0.25) is 0 Å². The van der Waals surface area contributed by atoms with E-state index in [1.54, 1.807) is 0 Å². The molecule has 0 amide bonds. The second-order valence-electron chi connectivity index (χ2n) is 5.46. The number of nitrogens with one attached hydrogen (secondary N) is 1. The summed E-state index contributed by atoms with van der Waals surface area (Å²) in [5, 5.41) is 4.44. The van der Waals surface area contributed by atoms with E-state index in [-0.39, 0.29) is 0 Å². The van der Waals surface area contributed by atoms with E-state index in [9.17, 15) is 0 Å². The maximum absolute atomic E-state index is 6.05. The van der Waals surface area contributed by atoms with Gasteiger partial charge in [0.1, 0.15) is 5.82 Å². The standard InChI is InChI=1S/C16H20ClN3/c1-11-16-15(18-8-9-20(16)12(2)19-11)7-6-13-4-3-5-14(17)10-13/h3-5,10,15,18H,6-9H2,1-2H3/t15-/m1/s1. The molecule has 0 fully saturated rings. The molecule has 3 nitrogen and oxygen atoms in total. The van der Waals surface area contributed by atoms with E-state index in [2.05, 4.69) is 40.8 Å². The molecule has 2 aromatic rings. The molecule has 106 valence electrons. The van der Waals surface area contributed by atoms with Crippen LogP contribution in [0.2, 0.25) is 5.02 Å². The summed E-state index contributed by atoms with van der Waals surface area (Å²) in [5.41, 5.74) is 3.81. The molecular weight excluding hydrogens is 270 g/mol. The smallest absolute Gasteiger partial charge is 0.106 e. The molecule has 1 N–H and O–H groups in total. The zero-order valence-corrected chi connectivity index (χ0v) is 12.7. The summed E-state index contributed by atoms with van der Waals surface area (Å²) >= 11 is 6.05. The highest BCUT2D eigenvalue weighted by Gasteiger charge is 2.24. The van der Waals surface area contributed by atoms with Crippen molar-refractivity contribution in [2.24, 2.45) is 0 Å². The lowest BCUT2D eigenvalue weighted by Gasteiger charge is -2.27. The molecule has 1 aliphatic heterocycles. The van der Waals surface area contributed by atoms with E-state index in [0.29, 0.717) is 6.04 Å². The normalized spacial score (nSPS) is 18.1. The molecule has 3 rings (SSSR count). The Morgan fingerprint density at radius 1 is 1.40 bits per heavy atom. The van der Waals surface area contributed by atoms with Crippen LogP contribution in [0.4, 0.5) is 0 Å². The Kier molecular flexibility index (Phi) is 3.81. The lowest BCUT2D eigenvalue weighted by molar-refractivity contribution is 0.401. The lowest BCUT2D eigenvalue weighted by Crippen LogP contribution is -2.34. The third-order valence-electron chi connectivity index (χ3n) is 4.05.